The maximum Gasteiger partial charge on any atom is 0.260 e. The Morgan fingerprint density at radius 2 is 2.05 bits per heavy atom. The molecule has 1 aromatic carbocycles. The molecule has 0 atom stereocenters. The molecular formula is C17H18N2OS2. The second kappa shape index (κ2) is 6.67. The first-order chi connectivity index (χ1) is 10.7. The maximum atomic E-state index is 12.5. The number of thiophene rings is 1. The SMILES string of the molecule is CCCCSc1nc2scc(-c3ccc(C)cc3)c2c(=O)[nH]1. The number of aromatic amines is 1. The van der Waals surface area contributed by atoms with Gasteiger partial charge < -0.3 is 4.98 Å². The topological polar surface area (TPSA) is 45.8 Å². The van der Waals surface area contributed by atoms with E-state index in [1.807, 2.05) is 5.38 Å². The van der Waals surface area contributed by atoms with E-state index in [0.29, 0.717) is 5.39 Å². The van der Waals surface area contributed by atoms with Gasteiger partial charge in [0.2, 0.25) is 0 Å². The summed E-state index contributed by atoms with van der Waals surface area (Å²) in [5.74, 6) is 0.987. The van der Waals surface area contributed by atoms with Gasteiger partial charge in [0.1, 0.15) is 4.83 Å². The Balaban J connectivity index is 2.01. The fraction of sp³-hybridized carbons (Fsp3) is 0.294. The third-order valence-electron chi connectivity index (χ3n) is 3.52. The first-order valence-corrected chi connectivity index (χ1v) is 9.27. The summed E-state index contributed by atoms with van der Waals surface area (Å²) in [4.78, 5) is 20.8. The van der Waals surface area contributed by atoms with Crippen LogP contribution in [0.5, 0.6) is 0 Å². The highest BCUT2D eigenvalue weighted by Gasteiger charge is 2.12. The van der Waals surface area contributed by atoms with Crippen molar-refractivity contribution in [1.29, 1.82) is 0 Å². The second-order valence-electron chi connectivity index (χ2n) is 5.27. The van der Waals surface area contributed by atoms with Gasteiger partial charge in [0.05, 0.1) is 5.39 Å². The van der Waals surface area contributed by atoms with Crippen LogP contribution in [0.25, 0.3) is 21.3 Å². The summed E-state index contributed by atoms with van der Waals surface area (Å²) in [6, 6.07) is 8.24. The largest absolute Gasteiger partial charge is 0.301 e. The zero-order valence-electron chi connectivity index (χ0n) is 12.7. The van der Waals surface area contributed by atoms with Crippen molar-refractivity contribution in [2.45, 2.75) is 31.8 Å². The van der Waals surface area contributed by atoms with Crippen LogP contribution in [0.15, 0.2) is 39.6 Å². The lowest BCUT2D eigenvalue weighted by molar-refractivity contribution is 0.889. The Morgan fingerprint density at radius 3 is 2.77 bits per heavy atom. The molecule has 1 N–H and O–H groups in total. The van der Waals surface area contributed by atoms with E-state index >= 15 is 0 Å². The van der Waals surface area contributed by atoms with Crippen molar-refractivity contribution in [3.8, 4) is 11.1 Å². The Bertz CT molecular complexity index is 834. The highest BCUT2D eigenvalue weighted by Crippen LogP contribution is 2.31. The zero-order valence-corrected chi connectivity index (χ0v) is 14.3. The molecule has 0 spiro atoms. The average Bonchev–Trinajstić information content (AvgIpc) is 2.93. The number of hydrogen-bond donors (Lipinski definition) is 1. The highest BCUT2D eigenvalue weighted by atomic mass is 32.2. The van der Waals surface area contributed by atoms with E-state index in [1.165, 1.54) is 16.9 Å². The minimum atomic E-state index is -0.0409. The van der Waals surface area contributed by atoms with Gasteiger partial charge in [-0.25, -0.2) is 4.98 Å². The molecule has 0 fully saturated rings. The number of benzene rings is 1. The smallest absolute Gasteiger partial charge is 0.260 e. The molecule has 0 saturated carbocycles. The minimum absolute atomic E-state index is 0.0409. The summed E-state index contributed by atoms with van der Waals surface area (Å²) >= 11 is 3.16. The van der Waals surface area contributed by atoms with E-state index in [9.17, 15) is 4.79 Å². The molecule has 3 aromatic rings. The van der Waals surface area contributed by atoms with Gasteiger partial charge in [0.15, 0.2) is 5.16 Å². The third-order valence-corrected chi connectivity index (χ3v) is 5.35. The van der Waals surface area contributed by atoms with Crippen LogP contribution in [0.2, 0.25) is 0 Å². The van der Waals surface area contributed by atoms with Crippen molar-refractivity contribution in [2.75, 3.05) is 5.75 Å². The molecule has 0 aliphatic rings. The first-order valence-electron chi connectivity index (χ1n) is 7.40. The van der Waals surface area contributed by atoms with Gasteiger partial charge in [-0.15, -0.1) is 11.3 Å². The van der Waals surface area contributed by atoms with Gasteiger partial charge in [-0.1, -0.05) is 54.9 Å². The summed E-state index contributed by atoms with van der Waals surface area (Å²) in [6.45, 7) is 4.22. The molecule has 22 heavy (non-hydrogen) atoms. The number of H-pyrrole nitrogens is 1. The number of hydrogen-bond acceptors (Lipinski definition) is 4. The molecule has 0 bridgehead atoms. The number of nitrogens with zero attached hydrogens (tertiary/aromatic N) is 1. The monoisotopic (exact) mass is 330 g/mol. The summed E-state index contributed by atoms with van der Waals surface area (Å²) in [7, 11) is 0. The van der Waals surface area contributed by atoms with Crippen LogP contribution >= 0.6 is 23.1 Å². The number of rotatable bonds is 5. The van der Waals surface area contributed by atoms with E-state index in [1.54, 1.807) is 11.8 Å². The molecule has 2 aromatic heterocycles. The first kappa shape index (κ1) is 15.3. The van der Waals surface area contributed by atoms with Crippen LogP contribution in [-0.4, -0.2) is 15.7 Å². The van der Waals surface area contributed by atoms with Crippen LogP contribution in [-0.2, 0) is 0 Å². The van der Waals surface area contributed by atoms with Gasteiger partial charge >= 0.3 is 0 Å². The predicted molar refractivity (Wildman–Crippen MR) is 96.0 cm³/mol. The maximum absolute atomic E-state index is 12.5. The molecule has 0 amide bonds. The average molecular weight is 330 g/mol. The highest BCUT2D eigenvalue weighted by molar-refractivity contribution is 7.99. The van der Waals surface area contributed by atoms with Crippen LogP contribution in [0.1, 0.15) is 25.3 Å². The molecule has 3 nitrogen and oxygen atoms in total. The van der Waals surface area contributed by atoms with Crippen molar-refractivity contribution in [3.05, 3.63) is 45.6 Å². The number of thioether (sulfide) groups is 1. The van der Waals surface area contributed by atoms with Crippen LogP contribution in [0, 0.1) is 6.92 Å². The Labute approximate surface area is 137 Å². The van der Waals surface area contributed by atoms with Gasteiger partial charge in [-0.3, -0.25) is 4.79 Å². The quantitative estimate of drug-likeness (QED) is 0.413. The zero-order chi connectivity index (χ0) is 15.5. The van der Waals surface area contributed by atoms with Crippen LogP contribution in [0.4, 0.5) is 0 Å². The number of aromatic nitrogens is 2. The number of unbranched alkanes of at least 4 members (excludes halogenated alkanes) is 1. The van der Waals surface area contributed by atoms with Crippen LogP contribution < -0.4 is 5.56 Å². The Hall–Kier alpha value is -1.59. The lowest BCUT2D eigenvalue weighted by atomic mass is 10.1. The van der Waals surface area contributed by atoms with Gasteiger partial charge in [0, 0.05) is 16.7 Å². The van der Waals surface area contributed by atoms with Crippen molar-refractivity contribution >= 4 is 33.3 Å². The predicted octanol–water partition coefficient (Wildman–Crippen LogP) is 4.85. The summed E-state index contributed by atoms with van der Waals surface area (Å²) in [5, 5.41) is 3.45. The van der Waals surface area contributed by atoms with Crippen molar-refractivity contribution in [1.82, 2.24) is 9.97 Å². The normalized spacial score (nSPS) is 11.2. The molecule has 0 unspecified atom stereocenters. The Kier molecular flexibility index (Phi) is 4.64. The van der Waals surface area contributed by atoms with Crippen molar-refractivity contribution in [2.24, 2.45) is 0 Å². The van der Waals surface area contributed by atoms with Crippen LogP contribution in [0.3, 0.4) is 0 Å². The molecule has 5 heteroatoms. The molecule has 0 aliphatic heterocycles. The Morgan fingerprint density at radius 1 is 1.27 bits per heavy atom. The fourth-order valence-electron chi connectivity index (χ4n) is 2.26. The molecule has 0 saturated heterocycles. The van der Waals surface area contributed by atoms with E-state index in [2.05, 4.69) is 48.1 Å². The van der Waals surface area contributed by atoms with E-state index in [4.69, 9.17) is 0 Å². The number of nitrogens with one attached hydrogen (secondary N) is 1. The third kappa shape index (κ3) is 3.10. The molecule has 114 valence electrons. The van der Waals surface area contributed by atoms with Crippen molar-refractivity contribution < 1.29 is 0 Å². The van der Waals surface area contributed by atoms with Gasteiger partial charge in [-0.05, 0) is 18.9 Å². The minimum Gasteiger partial charge on any atom is -0.301 e. The van der Waals surface area contributed by atoms with Crippen molar-refractivity contribution in [3.63, 3.8) is 0 Å². The molecule has 2 heterocycles. The second-order valence-corrected chi connectivity index (χ2v) is 7.21. The van der Waals surface area contributed by atoms with Gasteiger partial charge in [0.25, 0.3) is 5.56 Å². The summed E-state index contributed by atoms with van der Waals surface area (Å²) in [6.07, 6.45) is 2.28. The number of aryl methyl sites for hydroxylation is 1. The summed E-state index contributed by atoms with van der Waals surface area (Å²) in [5.41, 5.74) is 3.21. The fourth-order valence-corrected chi connectivity index (χ4v) is 4.21. The molecule has 0 aliphatic carbocycles. The lowest BCUT2D eigenvalue weighted by Crippen LogP contribution is -2.08. The van der Waals surface area contributed by atoms with E-state index < -0.39 is 0 Å². The lowest BCUT2D eigenvalue weighted by Gasteiger charge is -2.02. The molecule has 0 radical (unpaired) electrons. The van der Waals surface area contributed by atoms with E-state index in [0.717, 1.165) is 39.7 Å². The molecule has 3 rings (SSSR count). The summed E-state index contributed by atoms with van der Waals surface area (Å²) < 4.78 is 0. The van der Waals surface area contributed by atoms with Gasteiger partial charge in [-0.2, -0.15) is 0 Å². The number of fused-ring (bicyclic) bond motifs is 1. The molecular weight excluding hydrogens is 312 g/mol. The van der Waals surface area contributed by atoms with E-state index in [-0.39, 0.29) is 5.56 Å². The standard InChI is InChI=1S/C17H18N2OS2/c1-3-4-9-21-17-18-15(20)14-13(10-22-16(14)19-17)12-7-5-11(2)6-8-12/h5-8,10H,3-4,9H2,1-2H3,(H,18,19,20).